The van der Waals surface area contributed by atoms with Gasteiger partial charge < -0.3 is 9.84 Å². The van der Waals surface area contributed by atoms with Gasteiger partial charge in [0.05, 0.1) is 0 Å². The van der Waals surface area contributed by atoms with E-state index in [-0.39, 0.29) is 6.42 Å². The van der Waals surface area contributed by atoms with Crippen LogP contribution in [0.5, 0.6) is 5.88 Å². The summed E-state index contributed by atoms with van der Waals surface area (Å²) in [6.07, 6.45) is -6.97. The highest BCUT2D eigenvalue weighted by atomic mass is 19.3. The van der Waals surface area contributed by atoms with Crippen LogP contribution in [0.25, 0.3) is 0 Å². The molecule has 1 aromatic rings. The molecule has 0 fully saturated rings. The van der Waals surface area contributed by atoms with Crippen molar-refractivity contribution in [1.29, 1.82) is 0 Å². The maximum Gasteiger partial charge on any atom is 0.462 e. The number of halogens is 4. The number of pyridine rings is 1. The second kappa shape index (κ2) is 7.46. The number of carboxylic acids is 1. The Labute approximate surface area is 100 Å². The Morgan fingerprint density at radius 2 is 2.06 bits per heavy atom. The van der Waals surface area contributed by atoms with E-state index in [1.165, 1.54) is 12.1 Å². The molecule has 1 heterocycles. The second-order valence-corrected chi connectivity index (χ2v) is 2.88. The van der Waals surface area contributed by atoms with Gasteiger partial charge in [0.15, 0.2) is 0 Å². The molecule has 0 aliphatic heterocycles. The molecule has 102 valence electrons. The van der Waals surface area contributed by atoms with Crippen molar-refractivity contribution in [3.63, 3.8) is 0 Å². The summed E-state index contributed by atoms with van der Waals surface area (Å²) in [5.41, 5.74) is 0. The van der Waals surface area contributed by atoms with E-state index in [9.17, 15) is 22.4 Å². The van der Waals surface area contributed by atoms with Crippen molar-refractivity contribution in [2.45, 2.75) is 25.9 Å². The second-order valence-electron chi connectivity index (χ2n) is 2.88. The molecule has 4 nitrogen and oxygen atoms in total. The van der Waals surface area contributed by atoms with Crippen LogP contribution in [-0.2, 0) is 4.79 Å². The first-order valence-electron chi connectivity index (χ1n) is 4.77. The van der Waals surface area contributed by atoms with Crippen LogP contribution in [0.15, 0.2) is 24.4 Å². The van der Waals surface area contributed by atoms with Crippen molar-refractivity contribution in [3.05, 3.63) is 24.4 Å². The molecule has 0 aliphatic carbocycles. The number of carboxylic acid groups (broad SMARTS) is 1. The van der Waals surface area contributed by atoms with Crippen LogP contribution in [0.3, 0.4) is 0 Å². The minimum absolute atomic E-state index is 0.222. The third-order valence-corrected chi connectivity index (χ3v) is 1.43. The molecule has 1 aromatic heterocycles. The first-order chi connectivity index (χ1) is 8.29. The average Bonchev–Trinajstić information content (AvgIpc) is 2.30. The van der Waals surface area contributed by atoms with Crippen LogP contribution >= 0.6 is 0 Å². The van der Waals surface area contributed by atoms with Gasteiger partial charge in [0, 0.05) is 18.7 Å². The molecular formula is C10H11F4NO3. The third-order valence-electron chi connectivity index (χ3n) is 1.43. The molecule has 0 radical (unpaired) electrons. The highest BCUT2D eigenvalue weighted by molar-refractivity contribution is 5.66. The van der Waals surface area contributed by atoms with Crippen LogP contribution in [0.2, 0.25) is 0 Å². The monoisotopic (exact) mass is 269 g/mol. The molecule has 0 spiro atoms. The van der Waals surface area contributed by atoms with E-state index in [4.69, 9.17) is 5.11 Å². The SMILES string of the molecule is CCC(=O)O.FC(F)C(F)(F)Oc1ccccn1. The Kier molecular flexibility index (Phi) is 6.69. The van der Waals surface area contributed by atoms with Gasteiger partial charge in [-0.1, -0.05) is 13.0 Å². The van der Waals surface area contributed by atoms with E-state index < -0.39 is 24.4 Å². The Bertz CT molecular complexity index is 359. The number of carbonyl (C=O) groups is 1. The Morgan fingerprint density at radius 1 is 1.50 bits per heavy atom. The van der Waals surface area contributed by atoms with Gasteiger partial charge in [-0.3, -0.25) is 4.79 Å². The summed E-state index contributed by atoms with van der Waals surface area (Å²) in [5.74, 6) is -1.28. The van der Waals surface area contributed by atoms with Crippen LogP contribution in [-0.4, -0.2) is 28.6 Å². The molecule has 0 saturated carbocycles. The molecule has 0 aliphatic rings. The number of hydrogen-bond acceptors (Lipinski definition) is 3. The van der Waals surface area contributed by atoms with Crippen molar-refractivity contribution >= 4 is 5.97 Å². The minimum Gasteiger partial charge on any atom is -0.481 e. The number of alkyl halides is 4. The highest BCUT2D eigenvalue weighted by Gasteiger charge is 2.44. The standard InChI is InChI=1S/C7H5F4NO.C3H6O2/c8-6(9)7(10,11)13-5-3-1-2-4-12-5;1-2-3(4)5/h1-4,6H;2H2,1H3,(H,4,5). The number of aromatic nitrogens is 1. The molecule has 0 amide bonds. The quantitative estimate of drug-likeness (QED) is 0.854. The summed E-state index contributed by atoms with van der Waals surface area (Å²) in [5, 5.41) is 7.72. The zero-order valence-electron chi connectivity index (χ0n) is 9.32. The van der Waals surface area contributed by atoms with Gasteiger partial charge in [-0.05, 0) is 6.07 Å². The Morgan fingerprint density at radius 3 is 2.39 bits per heavy atom. The molecule has 0 atom stereocenters. The van der Waals surface area contributed by atoms with Crippen LogP contribution in [0.1, 0.15) is 13.3 Å². The fourth-order valence-electron chi connectivity index (χ4n) is 0.591. The molecular weight excluding hydrogens is 258 g/mol. The number of hydrogen-bond donors (Lipinski definition) is 1. The largest absolute Gasteiger partial charge is 0.481 e. The van der Waals surface area contributed by atoms with Crippen LogP contribution < -0.4 is 4.74 Å². The summed E-state index contributed by atoms with van der Waals surface area (Å²) < 4.78 is 51.3. The number of ether oxygens (including phenoxy) is 1. The summed E-state index contributed by atoms with van der Waals surface area (Å²) >= 11 is 0. The minimum atomic E-state index is -4.49. The van der Waals surface area contributed by atoms with Crippen molar-refractivity contribution in [3.8, 4) is 5.88 Å². The fourth-order valence-corrected chi connectivity index (χ4v) is 0.591. The third kappa shape index (κ3) is 6.66. The predicted molar refractivity (Wildman–Crippen MR) is 53.7 cm³/mol. The van der Waals surface area contributed by atoms with Crippen molar-refractivity contribution in [2.75, 3.05) is 0 Å². The summed E-state index contributed by atoms with van der Waals surface area (Å²) in [7, 11) is 0. The Hall–Kier alpha value is -1.86. The van der Waals surface area contributed by atoms with Crippen molar-refractivity contribution in [1.82, 2.24) is 4.98 Å². The number of nitrogens with zero attached hydrogens (tertiary/aromatic N) is 1. The van der Waals surface area contributed by atoms with Gasteiger partial charge in [-0.25, -0.2) is 4.98 Å². The Balaban J connectivity index is 0.000000494. The average molecular weight is 269 g/mol. The topological polar surface area (TPSA) is 59.4 Å². The smallest absolute Gasteiger partial charge is 0.462 e. The van der Waals surface area contributed by atoms with Crippen molar-refractivity contribution in [2.24, 2.45) is 0 Å². The zero-order chi connectivity index (χ0) is 14.2. The molecule has 18 heavy (non-hydrogen) atoms. The van der Waals surface area contributed by atoms with Gasteiger partial charge >= 0.3 is 18.5 Å². The molecule has 1 rings (SSSR count). The lowest BCUT2D eigenvalue weighted by molar-refractivity contribution is -0.254. The lowest BCUT2D eigenvalue weighted by Gasteiger charge is -2.15. The molecule has 8 heteroatoms. The van der Waals surface area contributed by atoms with Crippen molar-refractivity contribution < 1.29 is 32.2 Å². The molecule has 0 saturated heterocycles. The molecule has 0 aromatic carbocycles. The van der Waals surface area contributed by atoms with Crippen LogP contribution in [0, 0.1) is 0 Å². The van der Waals surface area contributed by atoms with Gasteiger partial charge in [-0.15, -0.1) is 0 Å². The summed E-state index contributed by atoms with van der Waals surface area (Å²) in [4.78, 5) is 12.7. The molecule has 1 N–H and O–H groups in total. The van der Waals surface area contributed by atoms with E-state index in [0.29, 0.717) is 0 Å². The van der Waals surface area contributed by atoms with Gasteiger partial charge in [0.1, 0.15) is 0 Å². The maximum atomic E-state index is 12.2. The van der Waals surface area contributed by atoms with Gasteiger partial charge in [0.2, 0.25) is 5.88 Å². The predicted octanol–water partition coefficient (Wildman–Crippen LogP) is 2.80. The van der Waals surface area contributed by atoms with E-state index in [0.717, 1.165) is 12.3 Å². The van der Waals surface area contributed by atoms with Gasteiger partial charge in [0.25, 0.3) is 0 Å². The highest BCUT2D eigenvalue weighted by Crippen LogP contribution is 2.25. The van der Waals surface area contributed by atoms with E-state index in [2.05, 4.69) is 9.72 Å². The van der Waals surface area contributed by atoms with Crippen LogP contribution in [0.4, 0.5) is 17.6 Å². The normalized spacial score (nSPS) is 10.6. The zero-order valence-corrected chi connectivity index (χ0v) is 9.32. The van der Waals surface area contributed by atoms with E-state index in [1.807, 2.05) is 0 Å². The molecule has 0 bridgehead atoms. The fraction of sp³-hybridized carbons (Fsp3) is 0.400. The first-order valence-corrected chi connectivity index (χ1v) is 4.77. The lowest BCUT2D eigenvalue weighted by atomic mass is 10.5. The number of rotatable bonds is 4. The van der Waals surface area contributed by atoms with E-state index in [1.54, 1.807) is 6.92 Å². The van der Waals surface area contributed by atoms with Gasteiger partial charge in [-0.2, -0.15) is 17.6 Å². The number of aliphatic carboxylic acids is 1. The maximum absolute atomic E-state index is 12.2. The van der Waals surface area contributed by atoms with E-state index >= 15 is 0 Å². The summed E-state index contributed by atoms with van der Waals surface area (Å²) in [6, 6.07) is 3.87. The lowest BCUT2D eigenvalue weighted by Crippen LogP contribution is -2.33. The molecule has 0 unspecified atom stereocenters. The first kappa shape index (κ1) is 16.1. The summed E-state index contributed by atoms with van der Waals surface area (Å²) in [6.45, 7) is 1.60.